The van der Waals surface area contributed by atoms with Gasteiger partial charge in [0.15, 0.2) is 9.84 Å². The smallest absolute Gasteiger partial charge is 0.225 e. The summed E-state index contributed by atoms with van der Waals surface area (Å²) in [7, 11) is -3.23. The number of sulfone groups is 1. The molecule has 0 radical (unpaired) electrons. The van der Waals surface area contributed by atoms with E-state index in [-0.39, 0.29) is 23.8 Å². The number of benzene rings is 1. The van der Waals surface area contributed by atoms with Crippen molar-refractivity contribution in [1.82, 2.24) is 0 Å². The molecule has 0 atom stereocenters. The summed E-state index contributed by atoms with van der Waals surface area (Å²) in [6.07, 6.45) is 0. The molecule has 4 heteroatoms. The predicted molar refractivity (Wildman–Crippen MR) is 52.2 cm³/mol. The van der Waals surface area contributed by atoms with Crippen molar-refractivity contribution in [2.45, 2.75) is 30.4 Å². The molecular formula is C10H13LiO2S. The first-order chi connectivity index (χ1) is 5.86. The van der Waals surface area contributed by atoms with Crippen LogP contribution >= 0.6 is 0 Å². The molecule has 0 saturated carbocycles. The van der Waals surface area contributed by atoms with E-state index in [2.05, 4.69) is 6.07 Å². The van der Waals surface area contributed by atoms with Gasteiger partial charge in [0, 0.05) is 0 Å². The molecule has 0 aliphatic carbocycles. The fraction of sp³-hybridized carbons (Fsp3) is 0.400. The number of hydrogen-bond donors (Lipinski definition) is 0. The van der Waals surface area contributed by atoms with Gasteiger partial charge < -0.3 is 0 Å². The van der Waals surface area contributed by atoms with Crippen LogP contribution in [-0.4, -0.2) is 13.2 Å². The van der Waals surface area contributed by atoms with Gasteiger partial charge in [-0.1, -0.05) is 0 Å². The molecule has 2 nitrogen and oxygen atoms in total. The van der Waals surface area contributed by atoms with Gasteiger partial charge in [0.1, 0.15) is 0 Å². The van der Waals surface area contributed by atoms with E-state index in [1.54, 1.807) is 45.0 Å². The van der Waals surface area contributed by atoms with E-state index >= 15 is 0 Å². The molecule has 0 fully saturated rings. The van der Waals surface area contributed by atoms with Crippen LogP contribution in [0.2, 0.25) is 0 Å². The van der Waals surface area contributed by atoms with Crippen molar-refractivity contribution in [3.8, 4) is 0 Å². The van der Waals surface area contributed by atoms with E-state index in [0.717, 1.165) is 0 Å². The Morgan fingerprint density at radius 1 is 1.21 bits per heavy atom. The van der Waals surface area contributed by atoms with Crippen LogP contribution in [0.3, 0.4) is 0 Å². The molecule has 0 aliphatic rings. The molecule has 72 valence electrons. The van der Waals surface area contributed by atoms with Crippen molar-refractivity contribution in [3.05, 3.63) is 30.3 Å². The molecule has 0 saturated heterocycles. The van der Waals surface area contributed by atoms with E-state index in [0.29, 0.717) is 0 Å². The maximum atomic E-state index is 11.8. The Bertz CT molecular complexity index is 376. The Morgan fingerprint density at radius 2 is 1.79 bits per heavy atom. The zero-order chi connectivity index (χ0) is 10.1. The molecule has 0 spiro atoms. The maximum Gasteiger partial charge on any atom is 1.00 e. The van der Waals surface area contributed by atoms with E-state index in [9.17, 15) is 8.42 Å². The Balaban J connectivity index is 0.00000169. The number of rotatable bonds is 1. The van der Waals surface area contributed by atoms with Crippen molar-refractivity contribution in [3.63, 3.8) is 0 Å². The summed E-state index contributed by atoms with van der Waals surface area (Å²) in [5, 5.41) is 0. The van der Waals surface area contributed by atoms with Gasteiger partial charge in [-0.2, -0.15) is 30.3 Å². The first-order valence-corrected chi connectivity index (χ1v) is 5.55. The molecular weight excluding hydrogens is 191 g/mol. The fourth-order valence-corrected chi connectivity index (χ4v) is 2.01. The molecule has 0 unspecified atom stereocenters. The van der Waals surface area contributed by atoms with Crippen molar-refractivity contribution in [1.29, 1.82) is 0 Å². The second-order valence-electron chi connectivity index (χ2n) is 3.84. The average molecular weight is 204 g/mol. The largest absolute Gasteiger partial charge is 1.00 e. The topological polar surface area (TPSA) is 34.1 Å². The summed E-state index contributed by atoms with van der Waals surface area (Å²) < 4.78 is 22.9. The zero-order valence-electron chi connectivity index (χ0n) is 9.03. The maximum absolute atomic E-state index is 11.8. The third-order valence-electron chi connectivity index (χ3n) is 1.78. The van der Waals surface area contributed by atoms with Crippen LogP contribution in [-0.2, 0) is 9.84 Å². The first-order valence-electron chi connectivity index (χ1n) is 4.07. The third-order valence-corrected chi connectivity index (χ3v) is 4.22. The Kier molecular flexibility index (Phi) is 4.45. The third kappa shape index (κ3) is 2.63. The van der Waals surface area contributed by atoms with Gasteiger partial charge in [-0.25, -0.2) is 8.42 Å². The van der Waals surface area contributed by atoms with Gasteiger partial charge in [0.2, 0.25) is 0 Å². The first kappa shape index (κ1) is 13.8. The zero-order valence-corrected chi connectivity index (χ0v) is 9.85. The monoisotopic (exact) mass is 204 g/mol. The molecule has 0 bridgehead atoms. The van der Waals surface area contributed by atoms with E-state index in [4.69, 9.17) is 0 Å². The molecule has 0 amide bonds. The van der Waals surface area contributed by atoms with Crippen LogP contribution in [0.25, 0.3) is 0 Å². The summed E-state index contributed by atoms with van der Waals surface area (Å²) in [6.45, 7) is 5.05. The Morgan fingerprint density at radius 3 is 2.14 bits per heavy atom. The SMILES string of the molecule is CC(C)(C)S(=O)(=O)c1[c-]cccc1.[Li+]. The van der Waals surface area contributed by atoms with Crippen LogP contribution in [0.5, 0.6) is 0 Å². The van der Waals surface area contributed by atoms with Gasteiger partial charge in [0.25, 0.3) is 0 Å². The minimum atomic E-state index is -3.23. The van der Waals surface area contributed by atoms with Gasteiger partial charge in [-0.3, -0.25) is 0 Å². The summed E-state index contributed by atoms with van der Waals surface area (Å²) in [6, 6.07) is 9.36. The van der Waals surface area contributed by atoms with E-state index in [1.807, 2.05) is 0 Å². The summed E-state index contributed by atoms with van der Waals surface area (Å²) in [4.78, 5) is 0.266. The Labute approximate surface area is 97.8 Å². The summed E-state index contributed by atoms with van der Waals surface area (Å²) in [5.74, 6) is 0. The quantitative estimate of drug-likeness (QED) is 0.437. The molecule has 1 aromatic carbocycles. The van der Waals surface area contributed by atoms with E-state index < -0.39 is 14.6 Å². The number of hydrogen-bond acceptors (Lipinski definition) is 2. The van der Waals surface area contributed by atoms with Crippen LogP contribution in [0, 0.1) is 6.07 Å². The van der Waals surface area contributed by atoms with Gasteiger partial charge in [-0.05, 0) is 25.7 Å². The van der Waals surface area contributed by atoms with Gasteiger partial charge in [0.05, 0.1) is 4.75 Å². The fourth-order valence-electron chi connectivity index (χ4n) is 0.874. The standard InChI is InChI=1S/C10H13O2S.Li/c1-10(2,3)13(11,12)9-7-5-4-6-8-9;/h4-7H,1-3H3;/q-1;+1. The Hall–Kier alpha value is -0.233. The summed E-state index contributed by atoms with van der Waals surface area (Å²) >= 11 is 0. The van der Waals surface area contributed by atoms with Crippen LogP contribution in [0.4, 0.5) is 0 Å². The normalized spacial score (nSPS) is 11.9. The van der Waals surface area contributed by atoms with Gasteiger partial charge in [-0.15, -0.1) is 0 Å². The minimum Gasteiger partial charge on any atom is -0.225 e. The van der Waals surface area contributed by atoms with E-state index in [1.165, 1.54) is 0 Å². The molecule has 0 aliphatic heterocycles. The average Bonchev–Trinajstić information content (AvgIpc) is 2.04. The predicted octanol–water partition coefficient (Wildman–Crippen LogP) is -0.937. The second kappa shape index (κ2) is 4.52. The van der Waals surface area contributed by atoms with Crippen molar-refractivity contribution in [2.24, 2.45) is 0 Å². The van der Waals surface area contributed by atoms with Crippen molar-refractivity contribution >= 4 is 9.84 Å². The molecule has 0 N–H and O–H groups in total. The van der Waals surface area contributed by atoms with Crippen molar-refractivity contribution < 1.29 is 27.3 Å². The second-order valence-corrected chi connectivity index (χ2v) is 6.51. The van der Waals surface area contributed by atoms with Crippen LogP contribution in [0.15, 0.2) is 29.2 Å². The van der Waals surface area contributed by atoms with Gasteiger partial charge >= 0.3 is 18.9 Å². The molecule has 14 heavy (non-hydrogen) atoms. The minimum absolute atomic E-state index is 0. The molecule has 1 rings (SSSR count). The van der Waals surface area contributed by atoms with Crippen LogP contribution in [0.1, 0.15) is 20.8 Å². The van der Waals surface area contributed by atoms with Crippen LogP contribution < -0.4 is 18.9 Å². The molecule has 0 aromatic heterocycles. The summed E-state index contributed by atoms with van der Waals surface area (Å²) in [5.41, 5.74) is 0. The molecule has 0 heterocycles. The molecule has 1 aromatic rings. The van der Waals surface area contributed by atoms with Crippen molar-refractivity contribution in [2.75, 3.05) is 0 Å².